The third kappa shape index (κ3) is 3.30. The Kier molecular flexibility index (Phi) is 3.84. The molecule has 0 aliphatic rings. The second-order valence-electron chi connectivity index (χ2n) is 3.66. The van der Waals surface area contributed by atoms with E-state index >= 15 is 0 Å². The van der Waals surface area contributed by atoms with Crippen molar-refractivity contribution in [3.8, 4) is 0 Å². The van der Waals surface area contributed by atoms with E-state index in [1.165, 1.54) is 0 Å². The molecule has 3 N–H and O–H groups in total. The minimum absolute atomic E-state index is 0.00651. The lowest BCUT2D eigenvalue weighted by atomic mass is 10.2. The van der Waals surface area contributed by atoms with Crippen LogP contribution in [0.2, 0.25) is 0 Å². The summed E-state index contributed by atoms with van der Waals surface area (Å²) in [7, 11) is -3.23. The van der Waals surface area contributed by atoms with Crippen LogP contribution >= 0.6 is 0 Å². The van der Waals surface area contributed by atoms with Gasteiger partial charge in [0.05, 0.1) is 10.6 Å². The quantitative estimate of drug-likeness (QED) is 0.585. The molecule has 0 aliphatic carbocycles. The zero-order valence-corrected chi connectivity index (χ0v) is 9.71. The van der Waals surface area contributed by atoms with E-state index < -0.39 is 9.84 Å². The van der Waals surface area contributed by atoms with E-state index in [9.17, 15) is 8.42 Å². The fourth-order valence-electron chi connectivity index (χ4n) is 1.22. The van der Waals surface area contributed by atoms with Gasteiger partial charge in [0.15, 0.2) is 9.84 Å². The van der Waals surface area contributed by atoms with Crippen molar-refractivity contribution in [3.05, 3.63) is 29.8 Å². The van der Waals surface area contributed by atoms with Gasteiger partial charge in [-0.25, -0.2) is 8.42 Å². The Labute approximate surface area is 90.4 Å². The van der Waals surface area contributed by atoms with Crippen LogP contribution in [0.25, 0.3) is 0 Å². The van der Waals surface area contributed by atoms with Gasteiger partial charge in [-0.2, -0.15) is 0 Å². The first-order chi connectivity index (χ1) is 6.95. The van der Waals surface area contributed by atoms with Gasteiger partial charge in [0.1, 0.15) is 0 Å². The van der Waals surface area contributed by atoms with Crippen LogP contribution in [-0.2, 0) is 9.84 Å². The summed E-state index contributed by atoms with van der Waals surface area (Å²) in [4.78, 5) is 0.343. The highest BCUT2D eigenvalue weighted by Gasteiger charge is 2.17. The van der Waals surface area contributed by atoms with Crippen molar-refractivity contribution in [2.45, 2.75) is 24.8 Å². The first-order valence-electron chi connectivity index (χ1n) is 4.71. The van der Waals surface area contributed by atoms with Crippen LogP contribution in [0.1, 0.15) is 12.5 Å². The summed E-state index contributed by atoms with van der Waals surface area (Å²) < 4.78 is 23.6. The Morgan fingerprint density at radius 3 is 2.33 bits per heavy atom. The molecule has 1 rings (SSSR count). The van der Waals surface area contributed by atoms with E-state index in [0.717, 1.165) is 5.56 Å². The van der Waals surface area contributed by atoms with Crippen LogP contribution < -0.4 is 11.3 Å². The molecule has 0 aliphatic heterocycles. The van der Waals surface area contributed by atoms with Crippen LogP contribution in [0.4, 0.5) is 0 Å². The highest BCUT2D eigenvalue weighted by molar-refractivity contribution is 7.91. The predicted octanol–water partition coefficient (Wildman–Crippen LogP) is 0.621. The molecule has 0 saturated carbocycles. The zero-order valence-electron chi connectivity index (χ0n) is 8.90. The van der Waals surface area contributed by atoms with Crippen LogP contribution in [-0.4, -0.2) is 20.2 Å². The Hall–Kier alpha value is -0.910. The molecule has 1 aromatic rings. The van der Waals surface area contributed by atoms with Gasteiger partial charge in [-0.1, -0.05) is 17.7 Å². The topological polar surface area (TPSA) is 72.2 Å². The number of benzene rings is 1. The lowest BCUT2D eigenvalue weighted by molar-refractivity contribution is 0.567. The second kappa shape index (κ2) is 4.74. The van der Waals surface area contributed by atoms with Crippen molar-refractivity contribution >= 4 is 9.84 Å². The molecule has 1 atom stereocenters. The van der Waals surface area contributed by atoms with Gasteiger partial charge in [-0.3, -0.25) is 11.3 Å². The first-order valence-corrected chi connectivity index (χ1v) is 6.36. The van der Waals surface area contributed by atoms with Crippen LogP contribution in [0, 0.1) is 6.92 Å². The standard InChI is InChI=1S/C10H16N2O2S/c1-8-3-5-10(6-4-8)15(13,14)7-9(2)12-11/h3-6,9,12H,7,11H2,1-2H3. The minimum atomic E-state index is -3.23. The summed E-state index contributed by atoms with van der Waals surface area (Å²) >= 11 is 0. The Morgan fingerprint density at radius 2 is 1.87 bits per heavy atom. The SMILES string of the molecule is Cc1ccc(S(=O)(=O)CC(C)NN)cc1. The van der Waals surface area contributed by atoms with E-state index in [-0.39, 0.29) is 11.8 Å². The summed E-state index contributed by atoms with van der Waals surface area (Å²) in [6.45, 7) is 3.65. The maximum Gasteiger partial charge on any atom is 0.179 e. The van der Waals surface area contributed by atoms with E-state index in [1.807, 2.05) is 6.92 Å². The van der Waals surface area contributed by atoms with Crippen molar-refractivity contribution in [3.63, 3.8) is 0 Å². The number of sulfone groups is 1. The second-order valence-corrected chi connectivity index (χ2v) is 5.70. The van der Waals surface area contributed by atoms with Gasteiger partial charge in [-0.15, -0.1) is 0 Å². The monoisotopic (exact) mass is 228 g/mol. The Bertz CT molecular complexity index is 412. The average Bonchev–Trinajstić information content (AvgIpc) is 2.17. The summed E-state index contributed by atoms with van der Waals surface area (Å²) in [5, 5.41) is 0. The molecule has 0 heterocycles. The number of hydrogen-bond donors (Lipinski definition) is 2. The molecule has 0 saturated heterocycles. The largest absolute Gasteiger partial charge is 0.271 e. The van der Waals surface area contributed by atoms with Crippen molar-refractivity contribution in [1.29, 1.82) is 0 Å². The van der Waals surface area contributed by atoms with Crippen LogP contribution in [0.5, 0.6) is 0 Å². The van der Waals surface area contributed by atoms with Gasteiger partial charge < -0.3 is 0 Å². The molecule has 15 heavy (non-hydrogen) atoms. The van der Waals surface area contributed by atoms with Crippen LogP contribution in [0.3, 0.4) is 0 Å². The molecule has 5 heteroatoms. The maximum atomic E-state index is 11.8. The van der Waals surface area contributed by atoms with Gasteiger partial charge >= 0.3 is 0 Å². The Morgan fingerprint density at radius 1 is 1.33 bits per heavy atom. The molecule has 0 amide bonds. The molecule has 1 unspecified atom stereocenters. The van der Waals surface area contributed by atoms with Crippen molar-refractivity contribution < 1.29 is 8.42 Å². The van der Waals surface area contributed by atoms with Gasteiger partial charge in [0.2, 0.25) is 0 Å². The summed E-state index contributed by atoms with van der Waals surface area (Å²) in [5.74, 6) is 5.17. The summed E-state index contributed by atoms with van der Waals surface area (Å²) in [6.07, 6.45) is 0. The van der Waals surface area contributed by atoms with Gasteiger partial charge in [0, 0.05) is 6.04 Å². The summed E-state index contributed by atoms with van der Waals surface area (Å²) in [5.41, 5.74) is 3.46. The van der Waals surface area contributed by atoms with Crippen molar-refractivity contribution in [1.82, 2.24) is 5.43 Å². The number of hydrazine groups is 1. The first kappa shape index (κ1) is 12.2. The highest BCUT2D eigenvalue weighted by Crippen LogP contribution is 2.12. The van der Waals surface area contributed by atoms with E-state index in [4.69, 9.17) is 5.84 Å². The van der Waals surface area contributed by atoms with E-state index in [2.05, 4.69) is 5.43 Å². The van der Waals surface area contributed by atoms with Crippen molar-refractivity contribution in [2.75, 3.05) is 5.75 Å². The molecule has 0 radical (unpaired) electrons. The molecule has 0 aromatic heterocycles. The third-order valence-corrected chi connectivity index (χ3v) is 4.06. The number of aryl methyl sites for hydroxylation is 1. The molecule has 4 nitrogen and oxygen atoms in total. The van der Waals surface area contributed by atoms with Gasteiger partial charge in [0.25, 0.3) is 0 Å². The predicted molar refractivity (Wildman–Crippen MR) is 60.0 cm³/mol. The highest BCUT2D eigenvalue weighted by atomic mass is 32.2. The number of nitrogens with two attached hydrogens (primary N) is 1. The smallest absolute Gasteiger partial charge is 0.179 e. The fourth-order valence-corrected chi connectivity index (χ4v) is 2.72. The molecule has 0 bridgehead atoms. The minimum Gasteiger partial charge on any atom is -0.271 e. The molecule has 1 aromatic carbocycles. The number of rotatable bonds is 4. The molecular formula is C10H16N2O2S. The Balaban J connectivity index is 2.91. The fraction of sp³-hybridized carbons (Fsp3) is 0.400. The zero-order chi connectivity index (χ0) is 11.5. The average molecular weight is 228 g/mol. The molecule has 0 fully saturated rings. The molecule has 0 spiro atoms. The normalized spacial score (nSPS) is 13.8. The van der Waals surface area contributed by atoms with E-state index in [1.54, 1.807) is 31.2 Å². The van der Waals surface area contributed by atoms with Gasteiger partial charge in [-0.05, 0) is 26.0 Å². The lowest BCUT2D eigenvalue weighted by Crippen LogP contribution is -2.37. The molecule has 84 valence electrons. The number of hydrogen-bond acceptors (Lipinski definition) is 4. The maximum absolute atomic E-state index is 11.8. The van der Waals surface area contributed by atoms with Crippen molar-refractivity contribution in [2.24, 2.45) is 5.84 Å². The van der Waals surface area contributed by atoms with Crippen LogP contribution in [0.15, 0.2) is 29.2 Å². The van der Waals surface area contributed by atoms with E-state index in [0.29, 0.717) is 4.90 Å². The number of nitrogens with one attached hydrogen (secondary N) is 1. The molecular weight excluding hydrogens is 212 g/mol. The lowest BCUT2D eigenvalue weighted by Gasteiger charge is -2.10. The summed E-state index contributed by atoms with van der Waals surface area (Å²) in [6, 6.07) is 6.55. The third-order valence-electron chi connectivity index (χ3n) is 2.13.